The highest BCUT2D eigenvalue weighted by Gasteiger charge is 2.26. The quantitative estimate of drug-likeness (QED) is 0.640. The third-order valence-corrected chi connectivity index (χ3v) is 4.40. The van der Waals surface area contributed by atoms with Gasteiger partial charge in [-0.05, 0) is 12.8 Å². The van der Waals surface area contributed by atoms with E-state index in [-0.39, 0.29) is 0 Å². The smallest absolute Gasteiger partial charge is 0.108 e. The van der Waals surface area contributed by atoms with Gasteiger partial charge in [0.2, 0.25) is 0 Å². The van der Waals surface area contributed by atoms with E-state index in [1.165, 1.54) is 25.7 Å². The normalized spacial score (nSPS) is 36.7. The Kier molecular flexibility index (Phi) is 3.52. The van der Waals surface area contributed by atoms with Crippen molar-refractivity contribution in [2.75, 3.05) is 11.5 Å². The first-order valence-corrected chi connectivity index (χ1v) is 6.84. The topological polar surface area (TPSA) is 32.3 Å². The van der Waals surface area contributed by atoms with E-state index >= 15 is 0 Å². The van der Waals surface area contributed by atoms with Crippen LogP contribution in [-0.2, 0) is 15.9 Å². The molecule has 2 nitrogen and oxygen atoms in total. The molecule has 76 valence electrons. The number of rotatable bonds is 2. The van der Waals surface area contributed by atoms with Crippen LogP contribution in [0.1, 0.15) is 38.5 Å². The summed E-state index contributed by atoms with van der Waals surface area (Å²) in [5.41, 5.74) is 0. The van der Waals surface area contributed by atoms with Crippen molar-refractivity contribution in [3.63, 3.8) is 0 Å². The number of ether oxygens (including phenoxy) is 1. The lowest BCUT2D eigenvalue weighted by molar-refractivity contribution is -0.0123. The molecule has 2 fully saturated rings. The van der Waals surface area contributed by atoms with Gasteiger partial charge in [-0.2, -0.15) is 0 Å². The van der Waals surface area contributed by atoms with Crippen LogP contribution in [0.2, 0.25) is 0 Å². The van der Waals surface area contributed by atoms with Crippen molar-refractivity contribution in [3.05, 3.63) is 0 Å². The van der Waals surface area contributed by atoms with Gasteiger partial charge < -0.3 is 9.29 Å². The molecule has 1 aliphatic carbocycles. The fraction of sp³-hybridized carbons (Fsp3) is 1.00. The molecule has 2 aliphatic rings. The highest BCUT2D eigenvalue weighted by molar-refractivity contribution is 7.91. The van der Waals surface area contributed by atoms with Crippen molar-refractivity contribution < 1.29 is 9.29 Å². The van der Waals surface area contributed by atoms with E-state index in [1.807, 2.05) is 0 Å². The lowest BCUT2D eigenvalue weighted by Crippen LogP contribution is -2.31. The highest BCUT2D eigenvalue weighted by atomic mass is 32.2. The van der Waals surface area contributed by atoms with Gasteiger partial charge in [0.25, 0.3) is 0 Å². The van der Waals surface area contributed by atoms with Crippen LogP contribution in [0.15, 0.2) is 0 Å². The Morgan fingerprint density at radius 2 is 1.46 bits per heavy atom. The minimum atomic E-state index is -0.544. The third kappa shape index (κ3) is 2.86. The second kappa shape index (κ2) is 4.67. The zero-order chi connectivity index (χ0) is 9.10. The molecule has 13 heavy (non-hydrogen) atoms. The Hall–Kier alpha value is 0.270. The van der Waals surface area contributed by atoms with Gasteiger partial charge in [0.15, 0.2) is 0 Å². The van der Waals surface area contributed by atoms with Gasteiger partial charge in [-0.25, -0.2) is 0 Å². The Bertz CT molecular complexity index is 149. The van der Waals surface area contributed by atoms with Crippen molar-refractivity contribution in [2.24, 2.45) is 0 Å². The first-order valence-electron chi connectivity index (χ1n) is 5.35. The van der Waals surface area contributed by atoms with Crippen molar-refractivity contribution in [2.45, 2.75) is 50.7 Å². The summed E-state index contributed by atoms with van der Waals surface area (Å²) in [6.07, 6.45) is 8.15. The molecule has 0 aromatic heterocycles. The van der Waals surface area contributed by atoms with Crippen molar-refractivity contribution >= 4 is 11.2 Å². The van der Waals surface area contributed by atoms with E-state index in [9.17, 15) is 4.55 Å². The van der Waals surface area contributed by atoms with Gasteiger partial charge in [-0.1, -0.05) is 24.0 Å². The Morgan fingerprint density at radius 3 is 2.08 bits per heavy atom. The summed E-state index contributed by atoms with van der Waals surface area (Å²) in [7, 11) is 0. The maximum Gasteiger partial charge on any atom is 0.108 e. The first-order chi connectivity index (χ1) is 6.34. The van der Waals surface area contributed by atoms with Gasteiger partial charge in [0, 0.05) is 12.8 Å². The van der Waals surface area contributed by atoms with Gasteiger partial charge >= 0.3 is 0 Å². The number of hydrogen-bond acceptors (Lipinski definition) is 2. The summed E-state index contributed by atoms with van der Waals surface area (Å²) < 4.78 is 17.1. The summed E-state index contributed by atoms with van der Waals surface area (Å²) in [6.45, 7) is 0. The molecule has 0 N–H and O–H groups in total. The standard InChI is InChI=1S/C10H18O2S/c11-13-7-5-10(6-8-13)12-9-3-1-2-4-9/h9-10H,1-8H2. The molecule has 0 amide bonds. The zero-order valence-corrected chi connectivity index (χ0v) is 8.85. The van der Waals surface area contributed by atoms with E-state index in [4.69, 9.17) is 4.74 Å². The van der Waals surface area contributed by atoms with Gasteiger partial charge in [0.1, 0.15) is 11.5 Å². The molecule has 0 unspecified atom stereocenters. The first kappa shape index (κ1) is 9.81. The third-order valence-electron chi connectivity index (χ3n) is 3.02. The molecule has 1 heterocycles. The maximum atomic E-state index is 11.1. The van der Waals surface area contributed by atoms with Crippen LogP contribution in [0.25, 0.3) is 0 Å². The fourth-order valence-electron chi connectivity index (χ4n) is 2.20. The fourth-order valence-corrected chi connectivity index (χ4v) is 3.46. The van der Waals surface area contributed by atoms with Crippen molar-refractivity contribution in [3.8, 4) is 0 Å². The van der Waals surface area contributed by atoms with E-state index in [1.54, 1.807) is 0 Å². The molecule has 2 rings (SSSR count). The molecule has 0 bridgehead atoms. The predicted octanol–water partition coefficient (Wildman–Crippen LogP) is 1.86. The Balaban J connectivity index is 1.69. The van der Waals surface area contributed by atoms with Crippen molar-refractivity contribution in [1.29, 1.82) is 0 Å². The van der Waals surface area contributed by atoms with E-state index < -0.39 is 11.2 Å². The summed E-state index contributed by atoms with van der Waals surface area (Å²) >= 11 is -0.544. The van der Waals surface area contributed by atoms with Crippen LogP contribution in [0, 0.1) is 0 Å². The van der Waals surface area contributed by atoms with Crippen LogP contribution in [0.4, 0.5) is 0 Å². The molecular formula is C10H18O2S. The Morgan fingerprint density at radius 1 is 0.923 bits per heavy atom. The molecule has 1 aliphatic heterocycles. The monoisotopic (exact) mass is 202 g/mol. The molecule has 1 saturated carbocycles. The predicted molar refractivity (Wildman–Crippen MR) is 54.2 cm³/mol. The molecule has 0 aromatic carbocycles. The van der Waals surface area contributed by atoms with Gasteiger partial charge in [-0.15, -0.1) is 0 Å². The van der Waals surface area contributed by atoms with Crippen molar-refractivity contribution in [1.82, 2.24) is 0 Å². The molecular weight excluding hydrogens is 184 g/mol. The van der Waals surface area contributed by atoms with Crippen LogP contribution >= 0.6 is 0 Å². The van der Waals surface area contributed by atoms with E-state index in [0.717, 1.165) is 24.3 Å². The Labute approximate surface area is 83.2 Å². The minimum Gasteiger partial charge on any atom is -0.616 e. The maximum absolute atomic E-state index is 11.1. The number of hydrogen-bond donors (Lipinski definition) is 0. The summed E-state index contributed by atoms with van der Waals surface area (Å²) in [4.78, 5) is 0. The molecule has 0 atom stereocenters. The molecule has 3 heteroatoms. The average Bonchev–Trinajstić information content (AvgIpc) is 2.62. The van der Waals surface area contributed by atoms with Gasteiger partial charge in [-0.3, -0.25) is 0 Å². The molecule has 0 radical (unpaired) electrons. The van der Waals surface area contributed by atoms with E-state index in [0.29, 0.717) is 12.2 Å². The minimum absolute atomic E-state index is 0.417. The van der Waals surface area contributed by atoms with Crippen LogP contribution < -0.4 is 0 Å². The summed E-state index contributed by atoms with van der Waals surface area (Å²) in [5.74, 6) is 1.72. The largest absolute Gasteiger partial charge is 0.616 e. The van der Waals surface area contributed by atoms with E-state index in [2.05, 4.69) is 0 Å². The summed E-state index contributed by atoms with van der Waals surface area (Å²) in [6, 6.07) is 0. The lowest BCUT2D eigenvalue weighted by atomic mass is 10.2. The SMILES string of the molecule is [O-][S+]1CCC(OC2CCCC2)CC1. The van der Waals surface area contributed by atoms with Crippen LogP contribution in [0.5, 0.6) is 0 Å². The molecule has 0 aromatic rings. The highest BCUT2D eigenvalue weighted by Crippen LogP contribution is 2.25. The van der Waals surface area contributed by atoms with Crippen LogP contribution in [-0.4, -0.2) is 28.3 Å². The molecule has 0 spiro atoms. The lowest BCUT2D eigenvalue weighted by Gasteiger charge is -2.26. The average molecular weight is 202 g/mol. The van der Waals surface area contributed by atoms with Crippen LogP contribution in [0.3, 0.4) is 0 Å². The summed E-state index contributed by atoms with van der Waals surface area (Å²) in [5, 5.41) is 0. The second-order valence-electron chi connectivity index (χ2n) is 4.09. The zero-order valence-electron chi connectivity index (χ0n) is 8.04. The molecule has 1 saturated heterocycles. The second-order valence-corrected chi connectivity index (χ2v) is 5.79. The van der Waals surface area contributed by atoms with Gasteiger partial charge in [0.05, 0.1) is 12.2 Å².